The van der Waals surface area contributed by atoms with E-state index in [0.29, 0.717) is 19.6 Å². The molecule has 1 amide bonds. The first-order valence-electron chi connectivity index (χ1n) is 6.13. The predicted molar refractivity (Wildman–Crippen MR) is 62.6 cm³/mol. The quantitative estimate of drug-likeness (QED) is 0.658. The number of carboxylic acid groups (broad SMARTS) is 1. The molecule has 5 nitrogen and oxygen atoms in total. The number of rotatable bonds is 7. The van der Waals surface area contributed by atoms with Crippen molar-refractivity contribution in [3.8, 4) is 0 Å². The zero-order valence-corrected chi connectivity index (χ0v) is 10.5. The average Bonchev–Trinajstić information content (AvgIpc) is 2.21. The second kappa shape index (κ2) is 6.00. The first-order chi connectivity index (χ1) is 8.02. The molecule has 5 heteroatoms. The summed E-state index contributed by atoms with van der Waals surface area (Å²) in [5.41, 5.74) is -0.390. The first-order valence-corrected chi connectivity index (χ1v) is 6.13. The number of hydrogen-bond acceptors (Lipinski definition) is 3. The lowest BCUT2D eigenvalue weighted by Gasteiger charge is -2.40. The van der Waals surface area contributed by atoms with Crippen LogP contribution in [0.4, 0.5) is 0 Å². The maximum atomic E-state index is 12.0. The molecule has 2 N–H and O–H groups in total. The fourth-order valence-electron chi connectivity index (χ4n) is 2.02. The molecular formula is C12H21NO4. The van der Waals surface area contributed by atoms with E-state index in [2.05, 4.69) is 5.32 Å². The van der Waals surface area contributed by atoms with E-state index in [1.165, 1.54) is 6.92 Å². The third-order valence-corrected chi connectivity index (χ3v) is 3.44. The van der Waals surface area contributed by atoms with E-state index in [9.17, 15) is 9.59 Å². The number of carbonyl (C=O) groups is 2. The predicted octanol–water partition coefficient (Wildman–Crippen LogP) is 1.17. The van der Waals surface area contributed by atoms with Gasteiger partial charge in [0.2, 0.25) is 5.91 Å². The Morgan fingerprint density at radius 1 is 1.47 bits per heavy atom. The molecule has 98 valence electrons. The van der Waals surface area contributed by atoms with Crippen LogP contribution in [0.3, 0.4) is 0 Å². The highest BCUT2D eigenvalue weighted by Crippen LogP contribution is 2.44. The minimum absolute atomic E-state index is 0.140. The van der Waals surface area contributed by atoms with Gasteiger partial charge >= 0.3 is 5.97 Å². The van der Waals surface area contributed by atoms with Crippen molar-refractivity contribution in [3.05, 3.63) is 0 Å². The molecule has 0 saturated heterocycles. The summed E-state index contributed by atoms with van der Waals surface area (Å²) in [6.45, 7) is 4.60. The smallest absolute Gasteiger partial charge is 0.325 e. The van der Waals surface area contributed by atoms with Gasteiger partial charge in [-0.25, -0.2) is 0 Å². The zero-order chi connectivity index (χ0) is 12.9. The number of aliphatic carboxylic acids is 1. The molecule has 1 aliphatic rings. The number of nitrogens with one attached hydrogen (secondary N) is 1. The lowest BCUT2D eigenvalue weighted by molar-refractivity contribution is -0.146. The van der Waals surface area contributed by atoms with E-state index in [-0.39, 0.29) is 11.3 Å². The second-order valence-corrected chi connectivity index (χ2v) is 4.61. The second-order valence-electron chi connectivity index (χ2n) is 4.61. The van der Waals surface area contributed by atoms with Gasteiger partial charge in [-0.2, -0.15) is 0 Å². The molecule has 1 fully saturated rings. The van der Waals surface area contributed by atoms with E-state index in [0.717, 1.165) is 19.3 Å². The van der Waals surface area contributed by atoms with Crippen molar-refractivity contribution in [2.45, 2.75) is 45.6 Å². The van der Waals surface area contributed by atoms with Crippen LogP contribution >= 0.6 is 0 Å². The average molecular weight is 243 g/mol. The van der Waals surface area contributed by atoms with Crippen molar-refractivity contribution in [1.29, 1.82) is 0 Å². The molecule has 1 atom stereocenters. The van der Waals surface area contributed by atoms with Gasteiger partial charge < -0.3 is 15.2 Å². The topological polar surface area (TPSA) is 75.6 Å². The van der Waals surface area contributed by atoms with E-state index < -0.39 is 12.0 Å². The molecule has 0 aromatic heterocycles. The van der Waals surface area contributed by atoms with E-state index in [1.807, 2.05) is 6.92 Å². The number of carbonyl (C=O) groups excluding carboxylic acids is 1. The van der Waals surface area contributed by atoms with Gasteiger partial charge in [0.1, 0.15) is 6.04 Å². The van der Waals surface area contributed by atoms with E-state index >= 15 is 0 Å². The van der Waals surface area contributed by atoms with E-state index in [1.54, 1.807) is 0 Å². The highest BCUT2D eigenvalue weighted by Gasteiger charge is 2.44. The maximum absolute atomic E-state index is 12.0. The molecule has 0 heterocycles. The molecule has 1 saturated carbocycles. The molecule has 17 heavy (non-hydrogen) atoms. The summed E-state index contributed by atoms with van der Waals surface area (Å²) in [6, 6.07) is -0.827. The highest BCUT2D eigenvalue weighted by molar-refractivity contribution is 5.87. The van der Waals surface area contributed by atoms with Crippen LogP contribution in [0.1, 0.15) is 39.5 Å². The molecule has 0 aromatic rings. The van der Waals surface area contributed by atoms with Crippen LogP contribution in [0.25, 0.3) is 0 Å². The summed E-state index contributed by atoms with van der Waals surface area (Å²) in [5.74, 6) is -1.14. The molecule has 0 aromatic carbocycles. The third-order valence-electron chi connectivity index (χ3n) is 3.44. The summed E-state index contributed by atoms with van der Waals surface area (Å²) in [4.78, 5) is 22.7. The van der Waals surface area contributed by atoms with E-state index in [4.69, 9.17) is 9.84 Å². The van der Waals surface area contributed by atoms with Crippen molar-refractivity contribution in [3.63, 3.8) is 0 Å². The van der Waals surface area contributed by atoms with Crippen LogP contribution in [0.15, 0.2) is 0 Å². The summed E-state index contributed by atoms with van der Waals surface area (Å²) < 4.78 is 5.27. The van der Waals surface area contributed by atoms with Crippen LogP contribution in [-0.4, -0.2) is 36.2 Å². The number of amides is 1. The monoisotopic (exact) mass is 243 g/mol. The van der Waals surface area contributed by atoms with Crippen molar-refractivity contribution < 1.29 is 19.4 Å². The fraction of sp³-hybridized carbons (Fsp3) is 0.833. The van der Waals surface area contributed by atoms with Gasteiger partial charge in [-0.1, -0.05) is 6.42 Å². The highest BCUT2D eigenvalue weighted by atomic mass is 16.5. The Morgan fingerprint density at radius 2 is 2.12 bits per heavy atom. The van der Waals surface area contributed by atoms with Crippen molar-refractivity contribution in [2.75, 3.05) is 13.2 Å². The molecule has 0 aliphatic heterocycles. The van der Waals surface area contributed by atoms with Gasteiger partial charge in [-0.05, 0) is 33.1 Å². The lowest BCUT2D eigenvalue weighted by Crippen LogP contribution is -2.50. The zero-order valence-electron chi connectivity index (χ0n) is 10.5. The summed E-state index contributed by atoms with van der Waals surface area (Å²) in [7, 11) is 0. The molecule has 0 spiro atoms. The Bertz CT molecular complexity index is 286. The fourth-order valence-corrected chi connectivity index (χ4v) is 2.02. The van der Waals surface area contributed by atoms with Gasteiger partial charge in [0.05, 0.1) is 5.41 Å². The SMILES string of the molecule is CCOCCC1(C(=O)N[C@@H](C)C(=O)O)CCC1. The third kappa shape index (κ3) is 3.43. The Hall–Kier alpha value is -1.10. The number of ether oxygens (including phenoxy) is 1. The van der Waals surface area contributed by atoms with Crippen molar-refractivity contribution >= 4 is 11.9 Å². The van der Waals surface area contributed by atoms with Crippen LogP contribution in [-0.2, 0) is 14.3 Å². The molecule has 0 radical (unpaired) electrons. The van der Waals surface area contributed by atoms with Crippen LogP contribution in [0.2, 0.25) is 0 Å². The molecule has 0 unspecified atom stereocenters. The lowest BCUT2D eigenvalue weighted by atomic mass is 9.66. The van der Waals surface area contributed by atoms with Crippen molar-refractivity contribution in [2.24, 2.45) is 5.41 Å². The summed E-state index contributed by atoms with van der Waals surface area (Å²) >= 11 is 0. The molecule has 0 bridgehead atoms. The normalized spacial score (nSPS) is 19.2. The van der Waals surface area contributed by atoms with Crippen LogP contribution in [0.5, 0.6) is 0 Å². The molecule has 1 rings (SSSR count). The summed E-state index contributed by atoms with van der Waals surface area (Å²) in [5, 5.41) is 11.3. The van der Waals surface area contributed by atoms with Gasteiger partial charge in [0.25, 0.3) is 0 Å². The summed E-state index contributed by atoms with van der Waals surface area (Å²) in [6.07, 6.45) is 3.37. The van der Waals surface area contributed by atoms with Crippen LogP contribution in [0, 0.1) is 5.41 Å². The van der Waals surface area contributed by atoms with Crippen LogP contribution < -0.4 is 5.32 Å². The minimum Gasteiger partial charge on any atom is -0.480 e. The first kappa shape index (κ1) is 14.0. The standard InChI is InChI=1S/C12H21NO4/c1-3-17-8-7-12(5-4-6-12)11(16)13-9(2)10(14)15/h9H,3-8H2,1-2H3,(H,13,16)(H,14,15)/t9-/m0/s1. The van der Waals surface area contributed by atoms with Crippen molar-refractivity contribution in [1.82, 2.24) is 5.32 Å². The maximum Gasteiger partial charge on any atom is 0.325 e. The van der Waals surface area contributed by atoms with Gasteiger partial charge in [-0.3, -0.25) is 9.59 Å². The Kier molecular flexibility index (Phi) is 4.93. The number of carboxylic acids is 1. The van der Waals surface area contributed by atoms with Gasteiger partial charge in [-0.15, -0.1) is 0 Å². The molecule has 1 aliphatic carbocycles. The van der Waals surface area contributed by atoms with Gasteiger partial charge in [0, 0.05) is 13.2 Å². The van der Waals surface area contributed by atoms with Gasteiger partial charge in [0.15, 0.2) is 0 Å². The Labute approximate surface area is 102 Å². The number of hydrogen-bond donors (Lipinski definition) is 2. The minimum atomic E-state index is -1.00. The largest absolute Gasteiger partial charge is 0.480 e. The molecular weight excluding hydrogens is 222 g/mol. The Morgan fingerprint density at radius 3 is 2.53 bits per heavy atom. The Balaban J connectivity index is 2.48.